The fourth-order valence-electron chi connectivity index (χ4n) is 3.45. The molecule has 2 aromatic heterocycles. The first kappa shape index (κ1) is 20.3. The van der Waals surface area contributed by atoms with Crippen molar-refractivity contribution in [2.45, 2.75) is 0 Å². The Bertz CT molecular complexity index is 1440. The highest BCUT2D eigenvalue weighted by atomic mass is 19.1. The molecular formula is C25H16F2N4O2. The third kappa shape index (κ3) is 4.01. The SMILES string of the molecule is O=C(Nc1ccc(-n2ccnc2)c(F)c1)c1ccccc1-c1ncc(-c2ccccc2F)o1. The van der Waals surface area contributed by atoms with Gasteiger partial charge in [0, 0.05) is 23.6 Å². The molecule has 0 saturated heterocycles. The van der Waals surface area contributed by atoms with Crippen molar-refractivity contribution in [2.75, 3.05) is 5.32 Å². The standard InChI is InChI=1S/C25H16F2N4O2/c26-20-8-4-3-7-19(20)23-14-29-25(33-23)18-6-2-1-5-17(18)24(32)30-16-9-10-22(21(27)13-16)31-12-11-28-15-31/h1-15H,(H,30,32). The van der Waals surface area contributed by atoms with Crippen molar-refractivity contribution in [3.05, 3.63) is 109 Å². The fraction of sp³-hybridized carbons (Fsp3) is 0. The number of anilines is 1. The van der Waals surface area contributed by atoms with E-state index in [-0.39, 0.29) is 28.5 Å². The lowest BCUT2D eigenvalue weighted by Gasteiger charge is -2.10. The topological polar surface area (TPSA) is 73.0 Å². The van der Waals surface area contributed by atoms with Crippen LogP contribution in [0.3, 0.4) is 0 Å². The molecule has 5 rings (SSSR count). The zero-order valence-corrected chi connectivity index (χ0v) is 17.1. The number of halogens is 2. The first-order valence-electron chi connectivity index (χ1n) is 9.99. The number of hydrogen-bond acceptors (Lipinski definition) is 4. The number of amides is 1. The lowest BCUT2D eigenvalue weighted by Crippen LogP contribution is -2.13. The third-order valence-corrected chi connectivity index (χ3v) is 5.04. The van der Waals surface area contributed by atoms with Crippen LogP contribution < -0.4 is 5.32 Å². The van der Waals surface area contributed by atoms with Crippen LogP contribution in [0.2, 0.25) is 0 Å². The van der Waals surface area contributed by atoms with Crippen LogP contribution in [-0.2, 0) is 0 Å². The first-order valence-corrected chi connectivity index (χ1v) is 9.99. The van der Waals surface area contributed by atoms with Crippen molar-refractivity contribution in [2.24, 2.45) is 0 Å². The quantitative estimate of drug-likeness (QED) is 0.378. The van der Waals surface area contributed by atoms with E-state index in [1.54, 1.807) is 67.0 Å². The molecule has 0 saturated carbocycles. The molecule has 162 valence electrons. The molecule has 8 heteroatoms. The molecule has 1 amide bonds. The molecule has 0 fully saturated rings. The Balaban J connectivity index is 1.42. The highest BCUT2D eigenvalue weighted by molar-refractivity contribution is 6.08. The molecule has 0 aliphatic rings. The van der Waals surface area contributed by atoms with Gasteiger partial charge >= 0.3 is 0 Å². The molecule has 0 aliphatic heterocycles. The molecule has 0 unspecified atom stereocenters. The molecule has 5 aromatic rings. The van der Waals surface area contributed by atoms with Crippen molar-refractivity contribution in [1.29, 1.82) is 0 Å². The number of benzene rings is 3. The Morgan fingerprint density at radius 1 is 0.939 bits per heavy atom. The van der Waals surface area contributed by atoms with E-state index >= 15 is 0 Å². The molecule has 1 N–H and O–H groups in total. The number of rotatable bonds is 5. The van der Waals surface area contributed by atoms with Crippen molar-refractivity contribution >= 4 is 11.6 Å². The van der Waals surface area contributed by atoms with E-state index in [4.69, 9.17) is 4.42 Å². The summed E-state index contributed by atoms with van der Waals surface area (Å²) < 4.78 is 35.9. The van der Waals surface area contributed by atoms with Crippen LogP contribution in [0.1, 0.15) is 10.4 Å². The largest absolute Gasteiger partial charge is 0.436 e. The van der Waals surface area contributed by atoms with Gasteiger partial charge in [-0.1, -0.05) is 24.3 Å². The second kappa shape index (κ2) is 8.51. The molecule has 3 aromatic carbocycles. The lowest BCUT2D eigenvalue weighted by atomic mass is 10.1. The molecule has 0 radical (unpaired) electrons. The van der Waals surface area contributed by atoms with Crippen LogP contribution in [0.4, 0.5) is 14.5 Å². The summed E-state index contributed by atoms with van der Waals surface area (Å²) in [5.41, 5.74) is 1.57. The average molecular weight is 442 g/mol. The van der Waals surface area contributed by atoms with Gasteiger partial charge in [-0.25, -0.2) is 18.7 Å². The van der Waals surface area contributed by atoms with Crippen LogP contribution in [0.15, 0.2) is 96.1 Å². The van der Waals surface area contributed by atoms with Gasteiger partial charge in [0.15, 0.2) is 5.76 Å². The molecule has 33 heavy (non-hydrogen) atoms. The van der Waals surface area contributed by atoms with Gasteiger partial charge in [-0.05, 0) is 42.5 Å². The summed E-state index contributed by atoms with van der Waals surface area (Å²) in [7, 11) is 0. The monoisotopic (exact) mass is 442 g/mol. The van der Waals surface area contributed by atoms with Crippen LogP contribution in [0, 0.1) is 11.6 Å². The number of carbonyl (C=O) groups excluding carboxylic acids is 1. The number of carbonyl (C=O) groups is 1. The van der Waals surface area contributed by atoms with Gasteiger partial charge < -0.3 is 14.3 Å². The maximum atomic E-state index is 14.6. The molecule has 6 nitrogen and oxygen atoms in total. The normalized spacial score (nSPS) is 10.8. The molecule has 0 atom stereocenters. The van der Waals surface area contributed by atoms with Gasteiger partial charge in [-0.2, -0.15) is 0 Å². The Kier molecular flexibility index (Phi) is 5.24. The summed E-state index contributed by atoms with van der Waals surface area (Å²) in [5.74, 6) is -1.00. The van der Waals surface area contributed by atoms with Crippen LogP contribution in [-0.4, -0.2) is 20.4 Å². The zero-order chi connectivity index (χ0) is 22.8. The van der Waals surface area contributed by atoms with Crippen molar-refractivity contribution in [1.82, 2.24) is 14.5 Å². The van der Waals surface area contributed by atoms with Gasteiger partial charge in [0.05, 0.1) is 29.3 Å². The number of aromatic nitrogens is 3. The highest BCUT2D eigenvalue weighted by Gasteiger charge is 2.18. The maximum absolute atomic E-state index is 14.6. The molecule has 0 aliphatic carbocycles. The van der Waals surface area contributed by atoms with E-state index < -0.39 is 17.5 Å². The third-order valence-electron chi connectivity index (χ3n) is 5.04. The minimum absolute atomic E-state index is 0.167. The zero-order valence-electron chi connectivity index (χ0n) is 17.1. The number of imidazole rings is 1. The van der Waals surface area contributed by atoms with Gasteiger partial charge in [0.25, 0.3) is 5.91 Å². The van der Waals surface area contributed by atoms with Crippen molar-refractivity contribution in [3.63, 3.8) is 0 Å². The smallest absolute Gasteiger partial charge is 0.256 e. The summed E-state index contributed by atoms with van der Waals surface area (Å²) in [6.07, 6.45) is 6.07. The highest BCUT2D eigenvalue weighted by Crippen LogP contribution is 2.30. The van der Waals surface area contributed by atoms with Crippen molar-refractivity contribution in [3.8, 4) is 28.5 Å². The van der Waals surface area contributed by atoms with Crippen LogP contribution in [0.25, 0.3) is 28.5 Å². The summed E-state index contributed by atoms with van der Waals surface area (Å²) >= 11 is 0. The van der Waals surface area contributed by atoms with E-state index in [0.717, 1.165) is 0 Å². The Labute approximate surface area is 187 Å². The maximum Gasteiger partial charge on any atom is 0.256 e. The number of nitrogens with one attached hydrogen (secondary N) is 1. The first-order chi connectivity index (χ1) is 16.1. The number of hydrogen-bond donors (Lipinski definition) is 1. The number of oxazole rings is 1. The summed E-state index contributed by atoms with van der Waals surface area (Å²) in [6.45, 7) is 0. The average Bonchev–Trinajstić information content (AvgIpc) is 3.52. The predicted octanol–water partition coefficient (Wildman–Crippen LogP) is 5.72. The van der Waals surface area contributed by atoms with E-state index in [9.17, 15) is 13.6 Å². The Morgan fingerprint density at radius 3 is 2.48 bits per heavy atom. The van der Waals surface area contributed by atoms with Crippen LogP contribution >= 0.6 is 0 Å². The van der Waals surface area contributed by atoms with Gasteiger partial charge in [0.2, 0.25) is 5.89 Å². The van der Waals surface area contributed by atoms with Crippen LogP contribution in [0.5, 0.6) is 0 Å². The van der Waals surface area contributed by atoms with Gasteiger partial charge in [-0.3, -0.25) is 4.79 Å². The second-order valence-electron chi connectivity index (χ2n) is 7.15. The molecule has 2 heterocycles. The van der Waals surface area contributed by atoms with E-state index in [0.29, 0.717) is 11.3 Å². The molecule has 0 spiro atoms. The second-order valence-corrected chi connectivity index (χ2v) is 7.15. The van der Waals surface area contributed by atoms with E-state index in [1.165, 1.54) is 29.2 Å². The summed E-state index contributed by atoms with van der Waals surface area (Å²) in [6, 6.07) is 17.3. The summed E-state index contributed by atoms with van der Waals surface area (Å²) in [4.78, 5) is 21.1. The Morgan fingerprint density at radius 2 is 1.73 bits per heavy atom. The van der Waals surface area contributed by atoms with E-state index in [2.05, 4.69) is 15.3 Å². The van der Waals surface area contributed by atoms with E-state index in [1.807, 2.05) is 0 Å². The fourth-order valence-corrected chi connectivity index (χ4v) is 3.45. The predicted molar refractivity (Wildman–Crippen MR) is 119 cm³/mol. The van der Waals surface area contributed by atoms with Gasteiger partial charge in [-0.15, -0.1) is 0 Å². The summed E-state index contributed by atoms with van der Waals surface area (Å²) in [5, 5.41) is 2.70. The Hall–Kier alpha value is -4.59. The van der Waals surface area contributed by atoms with Crippen molar-refractivity contribution < 1.29 is 18.0 Å². The lowest BCUT2D eigenvalue weighted by molar-refractivity contribution is 0.102. The molecular weight excluding hydrogens is 426 g/mol. The minimum atomic E-state index is -0.513. The minimum Gasteiger partial charge on any atom is -0.436 e. The number of nitrogens with zero attached hydrogens (tertiary/aromatic N) is 3. The van der Waals surface area contributed by atoms with Gasteiger partial charge in [0.1, 0.15) is 11.6 Å². The molecule has 0 bridgehead atoms.